The number of halogens is 1. The number of thioether (sulfide) groups is 1. The molecule has 19 heavy (non-hydrogen) atoms. The Morgan fingerprint density at radius 3 is 2.47 bits per heavy atom. The lowest BCUT2D eigenvalue weighted by atomic mass is 10.2. The summed E-state index contributed by atoms with van der Waals surface area (Å²) in [7, 11) is 0. The van der Waals surface area contributed by atoms with Crippen LogP contribution in [0.4, 0.5) is 0 Å². The van der Waals surface area contributed by atoms with Crippen molar-refractivity contribution in [3.05, 3.63) is 65.3 Å². The minimum absolute atomic E-state index is 0.763. The Hall–Kier alpha value is -1.58. The highest BCUT2D eigenvalue weighted by Crippen LogP contribution is 2.22. The zero-order chi connectivity index (χ0) is 13.1. The maximum absolute atomic E-state index is 5.87. The summed E-state index contributed by atoms with van der Waals surface area (Å²) >= 11 is 7.54. The number of aromatic nitrogens is 2. The molecule has 0 saturated carbocycles. The molecule has 0 atom stereocenters. The molecule has 94 valence electrons. The zero-order valence-electron chi connectivity index (χ0n) is 10.1. The van der Waals surface area contributed by atoms with Gasteiger partial charge < -0.3 is 0 Å². The molecule has 3 rings (SSSR count). The summed E-state index contributed by atoms with van der Waals surface area (Å²) in [6.45, 7) is 0. The third-order valence-electron chi connectivity index (χ3n) is 2.73. The van der Waals surface area contributed by atoms with E-state index in [1.807, 2.05) is 54.7 Å². The number of fused-ring (bicyclic) bond motifs is 1. The van der Waals surface area contributed by atoms with Gasteiger partial charge in [0.15, 0.2) is 0 Å². The number of benzene rings is 2. The van der Waals surface area contributed by atoms with Crippen molar-refractivity contribution in [2.75, 3.05) is 0 Å². The highest BCUT2D eigenvalue weighted by atomic mass is 35.5. The predicted octanol–water partition coefficient (Wildman–Crippen LogP) is 4.58. The maximum atomic E-state index is 5.87. The molecule has 1 aromatic heterocycles. The summed E-state index contributed by atoms with van der Waals surface area (Å²) in [6, 6.07) is 15.8. The van der Waals surface area contributed by atoms with Crippen molar-refractivity contribution in [1.29, 1.82) is 0 Å². The highest BCUT2D eigenvalue weighted by molar-refractivity contribution is 7.98. The average molecular weight is 287 g/mol. The highest BCUT2D eigenvalue weighted by Gasteiger charge is 2.01. The molecule has 0 amide bonds. The first-order valence-electron chi connectivity index (χ1n) is 5.90. The lowest BCUT2D eigenvalue weighted by Crippen LogP contribution is -1.87. The van der Waals surface area contributed by atoms with E-state index in [-0.39, 0.29) is 0 Å². The Labute approximate surface area is 120 Å². The number of hydrogen-bond acceptors (Lipinski definition) is 3. The second kappa shape index (κ2) is 5.59. The molecular formula is C15H11ClN2S. The smallest absolute Gasteiger partial charge is 0.115 e. The molecule has 3 aromatic rings. The van der Waals surface area contributed by atoms with Crippen LogP contribution < -0.4 is 0 Å². The molecule has 0 N–H and O–H groups in total. The predicted molar refractivity (Wildman–Crippen MR) is 80.6 cm³/mol. The van der Waals surface area contributed by atoms with Crippen LogP contribution in [-0.2, 0) is 5.75 Å². The van der Waals surface area contributed by atoms with Crippen molar-refractivity contribution in [3.63, 3.8) is 0 Å². The second-order valence-electron chi connectivity index (χ2n) is 4.11. The number of hydrogen-bond donors (Lipinski definition) is 0. The molecule has 0 bridgehead atoms. The largest absolute Gasteiger partial charge is 0.252 e. The molecule has 0 saturated heterocycles. The average Bonchev–Trinajstić information content (AvgIpc) is 2.46. The second-order valence-corrected chi connectivity index (χ2v) is 5.54. The number of rotatable bonds is 3. The topological polar surface area (TPSA) is 25.8 Å². The van der Waals surface area contributed by atoms with Crippen LogP contribution in [0.15, 0.2) is 59.8 Å². The lowest BCUT2D eigenvalue weighted by Gasteiger charge is -2.03. The maximum Gasteiger partial charge on any atom is 0.115 e. The van der Waals surface area contributed by atoms with E-state index < -0.39 is 0 Å². The van der Waals surface area contributed by atoms with Gasteiger partial charge >= 0.3 is 0 Å². The molecule has 0 aliphatic heterocycles. The van der Waals surface area contributed by atoms with Crippen LogP contribution in [0.5, 0.6) is 0 Å². The van der Waals surface area contributed by atoms with E-state index in [1.54, 1.807) is 11.8 Å². The number of nitrogens with zero attached hydrogens (tertiary/aromatic N) is 2. The van der Waals surface area contributed by atoms with Gasteiger partial charge in [-0.05, 0) is 29.8 Å². The van der Waals surface area contributed by atoms with Gasteiger partial charge in [-0.2, -0.15) is 0 Å². The van der Waals surface area contributed by atoms with Crippen LogP contribution in [-0.4, -0.2) is 9.97 Å². The van der Waals surface area contributed by atoms with Gasteiger partial charge in [0, 0.05) is 10.8 Å². The molecule has 0 aliphatic carbocycles. The summed E-state index contributed by atoms with van der Waals surface area (Å²) in [4.78, 5) is 8.99. The summed E-state index contributed by atoms with van der Waals surface area (Å²) in [5.41, 5.74) is 3.09. The lowest BCUT2D eigenvalue weighted by molar-refractivity contribution is 1.12. The van der Waals surface area contributed by atoms with Crippen molar-refractivity contribution in [3.8, 4) is 0 Å². The Morgan fingerprint density at radius 1 is 0.947 bits per heavy atom. The van der Waals surface area contributed by atoms with Crippen LogP contribution in [0.3, 0.4) is 0 Å². The van der Waals surface area contributed by atoms with Crippen LogP contribution >= 0.6 is 23.4 Å². The van der Waals surface area contributed by atoms with Crippen LogP contribution in [0.1, 0.15) is 5.56 Å². The van der Waals surface area contributed by atoms with E-state index in [2.05, 4.69) is 9.97 Å². The Kier molecular flexibility index (Phi) is 3.67. The van der Waals surface area contributed by atoms with E-state index >= 15 is 0 Å². The van der Waals surface area contributed by atoms with Gasteiger partial charge in [0.2, 0.25) is 0 Å². The minimum Gasteiger partial charge on any atom is -0.252 e. The fraction of sp³-hybridized carbons (Fsp3) is 0.0667. The van der Waals surface area contributed by atoms with Crippen molar-refractivity contribution in [2.24, 2.45) is 0 Å². The third kappa shape index (κ3) is 3.06. The molecule has 1 heterocycles. The van der Waals surface area contributed by atoms with Crippen molar-refractivity contribution >= 4 is 34.4 Å². The first-order chi connectivity index (χ1) is 9.31. The van der Waals surface area contributed by atoms with E-state index in [9.17, 15) is 0 Å². The van der Waals surface area contributed by atoms with Gasteiger partial charge in [-0.1, -0.05) is 35.9 Å². The quantitative estimate of drug-likeness (QED) is 0.659. The summed E-state index contributed by atoms with van der Waals surface area (Å²) < 4.78 is 0. The molecule has 2 aromatic carbocycles. The van der Waals surface area contributed by atoms with Gasteiger partial charge in [-0.25, -0.2) is 4.98 Å². The summed E-state index contributed by atoms with van der Waals surface area (Å²) in [5, 5.41) is 1.70. The van der Waals surface area contributed by atoms with Gasteiger partial charge in [0.05, 0.1) is 17.2 Å². The normalized spacial score (nSPS) is 10.8. The van der Waals surface area contributed by atoms with Crippen LogP contribution in [0, 0.1) is 0 Å². The van der Waals surface area contributed by atoms with E-state index in [1.165, 1.54) is 5.56 Å². The molecular weight excluding hydrogens is 276 g/mol. The van der Waals surface area contributed by atoms with E-state index in [4.69, 9.17) is 11.6 Å². The minimum atomic E-state index is 0.763. The molecule has 0 spiro atoms. The molecule has 0 unspecified atom stereocenters. The standard InChI is InChI=1S/C15H11ClN2S/c16-12-7-5-11(6-8-12)10-19-15-9-17-13-3-1-2-4-14(13)18-15/h1-9H,10H2. The molecule has 0 aliphatic rings. The first-order valence-corrected chi connectivity index (χ1v) is 7.27. The third-order valence-corrected chi connectivity index (χ3v) is 3.95. The Bertz CT molecular complexity index is 698. The van der Waals surface area contributed by atoms with Gasteiger partial charge in [0.1, 0.15) is 5.03 Å². The SMILES string of the molecule is Clc1ccc(CSc2cnc3ccccc3n2)cc1. The fourth-order valence-electron chi connectivity index (χ4n) is 1.75. The monoisotopic (exact) mass is 286 g/mol. The Balaban J connectivity index is 1.76. The van der Waals surface area contributed by atoms with Gasteiger partial charge in [-0.3, -0.25) is 4.98 Å². The van der Waals surface area contributed by atoms with Crippen molar-refractivity contribution in [1.82, 2.24) is 9.97 Å². The first kappa shape index (κ1) is 12.5. The fourth-order valence-corrected chi connectivity index (χ4v) is 2.67. The number of para-hydroxylation sites is 2. The zero-order valence-corrected chi connectivity index (χ0v) is 11.7. The molecule has 0 fully saturated rings. The molecule has 0 radical (unpaired) electrons. The molecule has 4 heteroatoms. The molecule has 2 nitrogen and oxygen atoms in total. The van der Waals surface area contributed by atoms with E-state index in [0.717, 1.165) is 26.8 Å². The summed E-state index contributed by atoms with van der Waals surface area (Å²) in [5.74, 6) is 0.865. The van der Waals surface area contributed by atoms with Crippen molar-refractivity contribution in [2.45, 2.75) is 10.8 Å². The Morgan fingerprint density at radius 2 is 1.68 bits per heavy atom. The van der Waals surface area contributed by atoms with Crippen LogP contribution in [0.2, 0.25) is 5.02 Å². The van der Waals surface area contributed by atoms with Crippen molar-refractivity contribution < 1.29 is 0 Å². The van der Waals surface area contributed by atoms with Crippen LogP contribution in [0.25, 0.3) is 11.0 Å². The van der Waals surface area contributed by atoms with E-state index in [0.29, 0.717) is 0 Å². The van der Waals surface area contributed by atoms with Gasteiger partial charge in [-0.15, -0.1) is 11.8 Å². The van der Waals surface area contributed by atoms with Gasteiger partial charge in [0.25, 0.3) is 0 Å². The summed E-state index contributed by atoms with van der Waals surface area (Å²) in [6.07, 6.45) is 1.82.